The summed E-state index contributed by atoms with van der Waals surface area (Å²) in [5, 5.41) is 17.5. The molecule has 0 spiro atoms. The van der Waals surface area contributed by atoms with Crippen LogP contribution in [0.15, 0.2) is 121 Å². The van der Waals surface area contributed by atoms with Crippen molar-refractivity contribution in [3.8, 4) is 0 Å². The van der Waals surface area contributed by atoms with Gasteiger partial charge in [-0.2, -0.15) is 0 Å². The topological polar surface area (TPSA) is 47.9 Å². The predicted molar refractivity (Wildman–Crippen MR) is 212 cm³/mol. The fraction of sp³-hybridized carbons (Fsp3) is 0.455. The molecule has 2 saturated carbocycles. The molecule has 0 heterocycles. The highest BCUT2D eigenvalue weighted by atomic mass is 28.4. The first-order valence-corrected chi connectivity index (χ1v) is 22.2. The number of hydrogen-bond donors (Lipinski definition) is 1. The zero-order valence-corrected chi connectivity index (χ0v) is 33.9. The van der Waals surface area contributed by atoms with Gasteiger partial charge in [-0.05, 0) is 70.9 Å². The van der Waals surface area contributed by atoms with Gasteiger partial charge in [-0.25, -0.2) is 0 Å². The summed E-state index contributed by atoms with van der Waals surface area (Å²) in [6, 6.07) is 43.2. The van der Waals surface area contributed by atoms with Crippen LogP contribution in [-0.4, -0.2) is 51.8 Å². The van der Waals surface area contributed by atoms with Crippen molar-refractivity contribution < 1.29 is 18.7 Å². The average Bonchev–Trinajstić information content (AvgIpc) is 3.75. The molecule has 50 heavy (non-hydrogen) atoms. The molecule has 6 heteroatoms. The molecular formula is C44H58O4Si2. The highest BCUT2D eigenvalue weighted by molar-refractivity contribution is 7.00. The van der Waals surface area contributed by atoms with Crippen LogP contribution in [0.4, 0.5) is 0 Å². The second-order valence-electron chi connectivity index (χ2n) is 18.0. The highest BCUT2D eigenvalue weighted by Gasteiger charge is 2.78. The molecule has 0 saturated heterocycles. The lowest BCUT2D eigenvalue weighted by molar-refractivity contribution is -0.187. The first kappa shape index (κ1) is 36.9. The third kappa shape index (κ3) is 6.20. The van der Waals surface area contributed by atoms with Crippen molar-refractivity contribution in [1.29, 1.82) is 0 Å². The first-order valence-electron chi connectivity index (χ1n) is 18.3. The Morgan fingerprint density at radius 1 is 0.600 bits per heavy atom. The maximum atomic E-state index is 12.9. The lowest BCUT2D eigenvalue weighted by Gasteiger charge is -2.48. The molecule has 2 aliphatic carbocycles. The molecule has 4 aromatic rings. The molecule has 2 fully saturated rings. The predicted octanol–water partition coefficient (Wildman–Crippen LogP) is 7.46. The monoisotopic (exact) mass is 706 g/mol. The van der Waals surface area contributed by atoms with Gasteiger partial charge < -0.3 is 18.7 Å². The molecule has 0 radical (unpaired) electrons. The summed E-state index contributed by atoms with van der Waals surface area (Å²) in [5.74, 6) is 0.0738. The lowest BCUT2D eigenvalue weighted by Crippen LogP contribution is -2.70. The standard InChI is InChI=1S/C44H58O4Si2/c1-40(2,3)47-39-43(10,45)38(48-50(42(7,8)9,35-27-19-13-20-28-35)36-29-21-14-22-30-36)37-31-44(37,39)32-46-49(41(4,5)6,33-23-15-11-16-24-33)34-25-17-12-18-26-34/h11-30,37-39,45H,31-32H2,1-10H3/t37-,38+,39+,43+,44+/m1/s1. The molecule has 0 aliphatic heterocycles. The van der Waals surface area contributed by atoms with E-state index in [1.54, 1.807) is 0 Å². The Morgan fingerprint density at radius 3 is 1.30 bits per heavy atom. The summed E-state index contributed by atoms with van der Waals surface area (Å²) in [4.78, 5) is 0. The van der Waals surface area contributed by atoms with Gasteiger partial charge in [-0.3, -0.25) is 0 Å². The van der Waals surface area contributed by atoms with Gasteiger partial charge in [-0.15, -0.1) is 0 Å². The maximum absolute atomic E-state index is 12.9. The van der Waals surface area contributed by atoms with E-state index in [-0.39, 0.29) is 16.0 Å². The fourth-order valence-corrected chi connectivity index (χ4v) is 18.6. The Bertz CT molecular complexity index is 1640. The van der Waals surface area contributed by atoms with Crippen LogP contribution in [0.1, 0.15) is 75.7 Å². The Balaban J connectivity index is 1.48. The largest absolute Gasteiger partial charge is 0.407 e. The van der Waals surface area contributed by atoms with Crippen LogP contribution in [-0.2, 0) is 13.6 Å². The van der Waals surface area contributed by atoms with Crippen LogP contribution in [0.5, 0.6) is 0 Å². The summed E-state index contributed by atoms with van der Waals surface area (Å²) in [6.45, 7) is 22.6. The van der Waals surface area contributed by atoms with Crippen molar-refractivity contribution in [2.75, 3.05) is 6.61 Å². The zero-order valence-electron chi connectivity index (χ0n) is 31.9. The van der Waals surface area contributed by atoms with E-state index in [1.807, 2.05) is 6.92 Å². The number of ether oxygens (including phenoxy) is 1. The Labute approximate surface area is 303 Å². The summed E-state index contributed by atoms with van der Waals surface area (Å²) in [7, 11) is -5.83. The molecule has 0 aromatic heterocycles. The quantitative estimate of drug-likeness (QED) is 0.174. The van der Waals surface area contributed by atoms with Crippen molar-refractivity contribution in [2.24, 2.45) is 11.3 Å². The minimum atomic E-state index is -2.98. The van der Waals surface area contributed by atoms with Gasteiger partial charge in [0.25, 0.3) is 16.6 Å². The van der Waals surface area contributed by atoms with E-state index in [9.17, 15) is 5.11 Å². The number of benzene rings is 4. The van der Waals surface area contributed by atoms with Gasteiger partial charge in [0.1, 0.15) is 5.60 Å². The van der Waals surface area contributed by atoms with Crippen LogP contribution >= 0.6 is 0 Å². The minimum absolute atomic E-state index is 0.0738. The van der Waals surface area contributed by atoms with Gasteiger partial charge in [0.2, 0.25) is 0 Å². The van der Waals surface area contributed by atoms with Crippen LogP contribution in [0, 0.1) is 11.3 Å². The van der Waals surface area contributed by atoms with E-state index in [2.05, 4.69) is 184 Å². The minimum Gasteiger partial charge on any atom is -0.407 e. The third-order valence-electron chi connectivity index (χ3n) is 11.3. The van der Waals surface area contributed by atoms with Crippen molar-refractivity contribution >= 4 is 37.4 Å². The van der Waals surface area contributed by atoms with E-state index in [1.165, 1.54) is 20.7 Å². The SMILES string of the molecule is CC(C)(C)O[C@H]1[C@@](C)(O)[C@@H](O[Si](c2ccccc2)(c2ccccc2)C(C)(C)C)[C@H]2C[C@]21CO[Si](c1ccccc1)(c1ccccc1)C(C)(C)C. The Hall–Kier alpha value is -2.85. The fourth-order valence-electron chi connectivity index (χ4n) is 9.12. The van der Waals surface area contributed by atoms with E-state index in [0.717, 1.165) is 6.42 Å². The normalized spacial score (nSPS) is 25.7. The van der Waals surface area contributed by atoms with Crippen molar-refractivity contribution in [3.63, 3.8) is 0 Å². The Morgan fingerprint density at radius 2 is 0.960 bits per heavy atom. The van der Waals surface area contributed by atoms with Crippen molar-refractivity contribution in [2.45, 2.75) is 109 Å². The molecule has 1 N–H and O–H groups in total. The molecule has 0 unspecified atom stereocenters. The molecule has 4 nitrogen and oxygen atoms in total. The average molecular weight is 707 g/mol. The first-order chi connectivity index (χ1) is 23.4. The number of aliphatic hydroxyl groups is 1. The van der Waals surface area contributed by atoms with Gasteiger partial charge >= 0.3 is 0 Å². The second-order valence-corrected chi connectivity index (χ2v) is 26.6. The highest BCUT2D eigenvalue weighted by Crippen LogP contribution is 2.69. The number of hydrogen-bond acceptors (Lipinski definition) is 4. The molecular weight excluding hydrogens is 649 g/mol. The molecule has 2 aliphatic rings. The van der Waals surface area contributed by atoms with Gasteiger partial charge in [-0.1, -0.05) is 163 Å². The smallest absolute Gasteiger partial charge is 0.261 e. The lowest BCUT2D eigenvalue weighted by atomic mass is 9.89. The van der Waals surface area contributed by atoms with E-state index in [4.69, 9.17) is 13.6 Å². The molecule has 266 valence electrons. The Kier molecular flexibility index (Phi) is 9.58. The molecule has 4 aromatic carbocycles. The van der Waals surface area contributed by atoms with Crippen molar-refractivity contribution in [3.05, 3.63) is 121 Å². The van der Waals surface area contributed by atoms with E-state index < -0.39 is 45.5 Å². The summed E-state index contributed by atoms with van der Waals surface area (Å²) in [6.07, 6.45) is -0.0318. The van der Waals surface area contributed by atoms with E-state index in [0.29, 0.717) is 6.61 Å². The second kappa shape index (κ2) is 13.0. The number of rotatable bonds is 10. The van der Waals surface area contributed by atoms with Gasteiger partial charge in [0.15, 0.2) is 0 Å². The van der Waals surface area contributed by atoms with Crippen molar-refractivity contribution in [1.82, 2.24) is 0 Å². The van der Waals surface area contributed by atoms with Crippen LogP contribution in [0.3, 0.4) is 0 Å². The van der Waals surface area contributed by atoms with Crippen LogP contribution in [0.2, 0.25) is 10.1 Å². The van der Waals surface area contributed by atoms with Gasteiger partial charge in [0, 0.05) is 12.0 Å². The zero-order chi connectivity index (χ0) is 36.2. The summed E-state index contributed by atoms with van der Waals surface area (Å²) >= 11 is 0. The van der Waals surface area contributed by atoms with Gasteiger partial charge in [0.05, 0.1) is 17.8 Å². The summed E-state index contributed by atoms with van der Waals surface area (Å²) < 4.78 is 22.5. The maximum Gasteiger partial charge on any atom is 0.261 e. The third-order valence-corrected chi connectivity index (χ3v) is 21.3. The molecule has 6 rings (SSSR count). The molecule has 0 amide bonds. The van der Waals surface area contributed by atoms with Crippen LogP contribution in [0.25, 0.3) is 0 Å². The molecule has 5 atom stereocenters. The van der Waals surface area contributed by atoms with Crippen LogP contribution < -0.4 is 20.7 Å². The number of fused-ring (bicyclic) bond motifs is 1. The van der Waals surface area contributed by atoms with E-state index >= 15 is 0 Å². The molecule has 0 bridgehead atoms. The summed E-state index contributed by atoms with van der Waals surface area (Å²) in [5.41, 5.74) is -2.13.